The Morgan fingerprint density at radius 1 is 1.35 bits per heavy atom. The van der Waals surface area contributed by atoms with Gasteiger partial charge in [0.2, 0.25) is 0 Å². The van der Waals surface area contributed by atoms with Crippen LogP contribution in [0, 0.1) is 5.92 Å². The molecule has 1 aromatic heterocycles. The summed E-state index contributed by atoms with van der Waals surface area (Å²) in [5, 5.41) is 11.0. The molecule has 23 heavy (non-hydrogen) atoms. The molecule has 1 atom stereocenters. The molecule has 2 heterocycles. The highest BCUT2D eigenvalue weighted by Crippen LogP contribution is 2.26. The minimum Gasteiger partial charge on any atom is -0.348 e. The Balaban J connectivity index is 0.00000192. The zero-order chi connectivity index (χ0) is 15.4. The lowest BCUT2D eigenvalue weighted by atomic mass is 9.84. The van der Waals surface area contributed by atoms with Gasteiger partial charge in [-0.25, -0.2) is 0 Å². The van der Waals surface area contributed by atoms with E-state index in [2.05, 4.69) is 22.7 Å². The van der Waals surface area contributed by atoms with Gasteiger partial charge >= 0.3 is 0 Å². The number of carbonyl (C=O) groups is 1. The van der Waals surface area contributed by atoms with Gasteiger partial charge in [-0.2, -0.15) is 5.10 Å². The topological polar surface area (TPSA) is 59.0 Å². The van der Waals surface area contributed by atoms with Gasteiger partial charge in [-0.05, 0) is 57.1 Å². The van der Waals surface area contributed by atoms with Crippen molar-refractivity contribution < 1.29 is 4.79 Å². The second-order valence-electron chi connectivity index (χ2n) is 6.78. The van der Waals surface area contributed by atoms with Crippen LogP contribution in [-0.2, 0) is 0 Å². The molecule has 0 aromatic carbocycles. The minimum absolute atomic E-state index is 0. The van der Waals surface area contributed by atoms with Gasteiger partial charge in [-0.1, -0.05) is 13.3 Å². The third-order valence-corrected chi connectivity index (χ3v) is 5.25. The number of hydrogen-bond acceptors (Lipinski definition) is 3. The summed E-state index contributed by atoms with van der Waals surface area (Å²) in [4.78, 5) is 12.4. The smallest absolute Gasteiger partial charge is 0.271 e. The molecular formula is C17H29ClN4O. The zero-order valence-corrected chi connectivity index (χ0v) is 14.8. The number of rotatable bonds is 4. The maximum atomic E-state index is 12.4. The van der Waals surface area contributed by atoms with E-state index in [0.29, 0.717) is 17.8 Å². The fourth-order valence-corrected chi connectivity index (χ4v) is 3.70. The average molecular weight is 341 g/mol. The van der Waals surface area contributed by atoms with Gasteiger partial charge < -0.3 is 10.6 Å². The molecule has 130 valence electrons. The molecule has 1 amide bonds. The van der Waals surface area contributed by atoms with Crippen molar-refractivity contribution in [3.8, 4) is 0 Å². The third-order valence-electron chi connectivity index (χ3n) is 5.25. The molecule has 2 fully saturated rings. The molecule has 5 nitrogen and oxygen atoms in total. The van der Waals surface area contributed by atoms with Gasteiger partial charge in [0.05, 0.1) is 6.04 Å². The van der Waals surface area contributed by atoms with E-state index in [0.717, 1.165) is 38.3 Å². The molecule has 1 unspecified atom stereocenters. The van der Waals surface area contributed by atoms with Crippen LogP contribution in [0.2, 0.25) is 0 Å². The molecule has 0 bridgehead atoms. The molecule has 0 radical (unpaired) electrons. The molecule has 2 N–H and O–H groups in total. The van der Waals surface area contributed by atoms with Crippen molar-refractivity contribution in [1.82, 2.24) is 20.4 Å². The SMILES string of the molecule is CCC1CCC(NC(=O)c2ccn(C3CCCNC3)n2)CC1.Cl. The number of amides is 1. The van der Waals surface area contributed by atoms with E-state index in [4.69, 9.17) is 0 Å². The van der Waals surface area contributed by atoms with Crippen LogP contribution in [0.25, 0.3) is 0 Å². The Morgan fingerprint density at radius 2 is 2.13 bits per heavy atom. The average Bonchev–Trinajstić information content (AvgIpc) is 3.06. The van der Waals surface area contributed by atoms with Gasteiger partial charge in [-0.15, -0.1) is 12.4 Å². The van der Waals surface area contributed by atoms with Crippen LogP contribution in [0.5, 0.6) is 0 Å². The maximum absolute atomic E-state index is 12.4. The fraction of sp³-hybridized carbons (Fsp3) is 0.765. The lowest BCUT2D eigenvalue weighted by Gasteiger charge is -2.28. The van der Waals surface area contributed by atoms with Crippen molar-refractivity contribution in [2.24, 2.45) is 5.92 Å². The van der Waals surface area contributed by atoms with Gasteiger partial charge in [-0.3, -0.25) is 9.48 Å². The van der Waals surface area contributed by atoms with Crippen molar-refractivity contribution in [2.75, 3.05) is 13.1 Å². The molecule has 3 rings (SSSR count). The van der Waals surface area contributed by atoms with E-state index in [1.807, 2.05) is 16.9 Å². The number of nitrogens with zero attached hydrogens (tertiary/aromatic N) is 2. The largest absolute Gasteiger partial charge is 0.348 e. The Morgan fingerprint density at radius 3 is 2.78 bits per heavy atom. The Kier molecular flexibility index (Phi) is 6.90. The molecule has 0 spiro atoms. The van der Waals surface area contributed by atoms with Gasteiger partial charge in [0.25, 0.3) is 5.91 Å². The Labute approximate surface area is 145 Å². The number of hydrogen-bond donors (Lipinski definition) is 2. The van der Waals surface area contributed by atoms with Crippen LogP contribution in [0.15, 0.2) is 12.3 Å². The van der Waals surface area contributed by atoms with Crippen LogP contribution in [0.3, 0.4) is 0 Å². The van der Waals surface area contributed by atoms with Crippen LogP contribution in [0.4, 0.5) is 0 Å². The third kappa shape index (κ3) is 4.70. The number of halogens is 1. The summed E-state index contributed by atoms with van der Waals surface area (Å²) >= 11 is 0. The first kappa shape index (κ1) is 18.3. The van der Waals surface area contributed by atoms with E-state index in [1.54, 1.807) is 0 Å². The van der Waals surface area contributed by atoms with Crippen molar-refractivity contribution in [2.45, 2.75) is 64.0 Å². The summed E-state index contributed by atoms with van der Waals surface area (Å²) in [7, 11) is 0. The first-order valence-corrected chi connectivity index (χ1v) is 8.83. The molecule has 2 aliphatic rings. The summed E-state index contributed by atoms with van der Waals surface area (Å²) in [5.41, 5.74) is 0.559. The molecule has 1 aromatic rings. The predicted molar refractivity (Wildman–Crippen MR) is 94.1 cm³/mol. The summed E-state index contributed by atoms with van der Waals surface area (Å²) in [6.45, 7) is 4.30. The van der Waals surface area contributed by atoms with Crippen LogP contribution >= 0.6 is 12.4 Å². The molecule has 1 aliphatic heterocycles. The lowest BCUT2D eigenvalue weighted by Crippen LogP contribution is -2.38. The van der Waals surface area contributed by atoms with Crippen molar-refractivity contribution in [3.05, 3.63) is 18.0 Å². The van der Waals surface area contributed by atoms with Gasteiger partial charge in [0, 0.05) is 18.8 Å². The second kappa shape index (κ2) is 8.69. The summed E-state index contributed by atoms with van der Waals surface area (Å²) in [5.74, 6) is 0.841. The van der Waals surface area contributed by atoms with Crippen LogP contribution < -0.4 is 10.6 Å². The highest BCUT2D eigenvalue weighted by molar-refractivity contribution is 5.92. The number of carbonyl (C=O) groups excluding carboxylic acids is 1. The standard InChI is InChI=1S/C17H28N4O.ClH/c1-2-13-5-7-14(8-6-13)19-17(22)16-9-11-21(20-16)15-4-3-10-18-12-15;/h9,11,13-15,18H,2-8,10,12H2,1H3,(H,19,22);1H. The summed E-state index contributed by atoms with van der Waals surface area (Å²) in [6, 6.07) is 2.56. The van der Waals surface area contributed by atoms with Crippen LogP contribution in [-0.4, -0.2) is 34.8 Å². The number of aromatic nitrogens is 2. The normalized spacial score (nSPS) is 28.0. The first-order valence-electron chi connectivity index (χ1n) is 8.83. The fourth-order valence-electron chi connectivity index (χ4n) is 3.70. The highest BCUT2D eigenvalue weighted by Gasteiger charge is 2.23. The molecule has 6 heteroatoms. The molecule has 1 saturated carbocycles. The maximum Gasteiger partial charge on any atom is 0.271 e. The Hall–Kier alpha value is -1.07. The molecule has 1 aliphatic carbocycles. The second-order valence-corrected chi connectivity index (χ2v) is 6.78. The number of nitrogens with one attached hydrogen (secondary N) is 2. The van der Waals surface area contributed by atoms with E-state index in [1.165, 1.54) is 25.7 Å². The zero-order valence-electron chi connectivity index (χ0n) is 14.0. The lowest BCUT2D eigenvalue weighted by molar-refractivity contribution is 0.0915. The van der Waals surface area contributed by atoms with E-state index < -0.39 is 0 Å². The summed E-state index contributed by atoms with van der Waals surface area (Å²) < 4.78 is 1.95. The minimum atomic E-state index is -0.0116. The quantitative estimate of drug-likeness (QED) is 0.886. The monoisotopic (exact) mass is 340 g/mol. The molecule has 1 saturated heterocycles. The van der Waals surface area contributed by atoms with Gasteiger partial charge in [0.1, 0.15) is 5.69 Å². The van der Waals surface area contributed by atoms with E-state index in [-0.39, 0.29) is 18.3 Å². The van der Waals surface area contributed by atoms with E-state index >= 15 is 0 Å². The predicted octanol–water partition coefficient (Wildman–Crippen LogP) is 2.93. The van der Waals surface area contributed by atoms with Crippen molar-refractivity contribution >= 4 is 18.3 Å². The van der Waals surface area contributed by atoms with Crippen molar-refractivity contribution in [1.29, 1.82) is 0 Å². The van der Waals surface area contributed by atoms with Crippen molar-refractivity contribution in [3.63, 3.8) is 0 Å². The number of piperidine rings is 1. The molecular weight excluding hydrogens is 312 g/mol. The Bertz CT molecular complexity index is 491. The highest BCUT2D eigenvalue weighted by atomic mass is 35.5. The van der Waals surface area contributed by atoms with Crippen LogP contribution in [0.1, 0.15) is 68.4 Å². The van der Waals surface area contributed by atoms with E-state index in [9.17, 15) is 4.79 Å². The summed E-state index contributed by atoms with van der Waals surface area (Å²) in [6.07, 6.45) is 10.2. The van der Waals surface area contributed by atoms with Gasteiger partial charge in [0.15, 0.2) is 0 Å². The first-order chi connectivity index (χ1) is 10.8.